The van der Waals surface area contributed by atoms with Crippen molar-refractivity contribution in [1.29, 1.82) is 0 Å². The van der Waals surface area contributed by atoms with Gasteiger partial charge in [0.1, 0.15) is 5.75 Å². The van der Waals surface area contributed by atoms with Gasteiger partial charge in [0.25, 0.3) is 5.91 Å². The zero-order chi connectivity index (χ0) is 25.2. The zero-order valence-corrected chi connectivity index (χ0v) is 20.5. The van der Waals surface area contributed by atoms with Gasteiger partial charge in [0.15, 0.2) is 5.82 Å². The number of carbonyl (C=O) groups excluding carboxylic acids is 2. The van der Waals surface area contributed by atoms with Crippen LogP contribution in [0.2, 0.25) is 0 Å². The highest BCUT2D eigenvalue weighted by Crippen LogP contribution is 2.28. The number of hydrogen-bond donors (Lipinski definition) is 2. The molecule has 0 bridgehead atoms. The maximum absolute atomic E-state index is 13.2. The van der Waals surface area contributed by atoms with Gasteiger partial charge in [-0.1, -0.05) is 24.3 Å². The maximum Gasteiger partial charge on any atom is 0.255 e. The van der Waals surface area contributed by atoms with E-state index in [-0.39, 0.29) is 23.8 Å². The molecule has 0 aliphatic carbocycles. The first-order valence-corrected chi connectivity index (χ1v) is 12.8. The van der Waals surface area contributed by atoms with Crippen LogP contribution in [0.3, 0.4) is 0 Å². The number of hydrogen-bond acceptors (Lipinski definition) is 6. The molecule has 2 heterocycles. The normalized spacial score (nSPS) is 12.4. The van der Waals surface area contributed by atoms with Gasteiger partial charge in [-0.2, -0.15) is 0 Å². The molecule has 1 aliphatic rings. The highest BCUT2D eigenvalue weighted by molar-refractivity contribution is 7.92. The van der Waals surface area contributed by atoms with Gasteiger partial charge < -0.3 is 15.4 Å². The van der Waals surface area contributed by atoms with E-state index in [1.807, 2.05) is 24.3 Å². The van der Waals surface area contributed by atoms with Crippen molar-refractivity contribution in [2.45, 2.75) is 19.9 Å². The maximum atomic E-state index is 13.2. The summed E-state index contributed by atoms with van der Waals surface area (Å²) in [5.41, 5.74) is 4.03. The van der Waals surface area contributed by atoms with Crippen LogP contribution in [0, 0.1) is 0 Å². The number of carbonyl (C=O) groups is 2. The first-order valence-electron chi connectivity index (χ1n) is 11.0. The second kappa shape index (κ2) is 9.75. The lowest BCUT2D eigenvalue weighted by Gasteiger charge is -2.19. The van der Waals surface area contributed by atoms with Gasteiger partial charge in [-0.05, 0) is 41.0 Å². The fourth-order valence-electron chi connectivity index (χ4n) is 3.80. The van der Waals surface area contributed by atoms with Crippen molar-refractivity contribution in [3.8, 4) is 16.9 Å². The lowest BCUT2D eigenvalue weighted by atomic mass is 10.0. The highest BCUT2D eigenvalue weighted by Gasteiger charge is 2.23. The third kappa shape index (κ3) is 5.60. The van der Waals surface area contributed by atoms with Crippen LogP contribution in [0.5, 0.6) is 5.75 Å². The van der Waals surface area contributed by atoms with Gasteiger partial charge in [-0.3, -0.25) is 13.9 Å². The Labute approximate surface area is 204 Å². The SMILES string of the molecule is CC(=O)Nc1cccc(-c2cnc(N(C)S(C)(=O)=O)c(C(=O)NCc3ccc4c(c3)CCO4)c2)c1. The number of amides is 2. The van der Waals surface area contributed by atoms with E-state index in [0.717, 1.165) is 33.9 Å². The molecule has 0 spiro atoms. The molecule has 4 rings (SSSR count). The minimum atomic E-state index is -3.65. The lowest BCUT2D eigenvalue weighted by molar-refractivity contribution is -0.114. The zero-order valence-electron chi connectivity index (χ0n) is 19.7. The van der Waals surface area contributed by atoms with Gasteiger partial charge in [0.05, 0.1) is 18.4 Å². The van der Waals surface area contributed by atoms with Crippen molar-refractivity contribution in [3.05, 3.63) is 71.4 Å². The summed E-state index contributed by atoms with van der Waals surface area (Å²) in [6.45, 7) is 2.32. The average molecular weight is 495 g/mol. The molecule has 35 heavy (non-hydrogen) atoms. The van der Waals surface area contributed by atoms with E-state index in [4.69, 9.17) is 4.74 Å². The largest absolute Gasteiger partial charge is 0.493 e. The summed E-state index contributed by atoms with van der Waals surface area (Å²) >= 11 is 0. The van der Waals surface area contributed by atoms with Gasteiger partial charge in [0.2, 0.25) is 15.9 Å². The number of pyridine rings is 1. The standard InChI is InChI=1S/C25H26N4O5S/c1-16(30)28-21-6-4-5-18(12-21)20-13-22(24(26-15-20)29(2)35(3,32)33)25(31)27-14-17-7-8-23-19(11-17)9-10-34-23/h4-8,11-13,15H,9-10,14H2,1-3H3,(H,27,31)(H,28,30). The number of anilines is 2. The third-order valence-electron chi connectivity index (χ3n) is 5.63. The molecular weight excluding hydrogens is 468 g/mol. The van der Waals surface area contributed by atoms with Crippen LogP contribution in [0.25, 0.3) is 11.1 Å². The van der Waals surface area contributed by atoms with Crippen LogP contribution in [0.4, 0.5) is 11.5 Å². The first-order chi connectivity index (χ1) is 16.6. The molecule has 2 N–H and O–H groups in total. The van der Waals surface area contributed by atoms with Crippen molar-refractivity contribution in [1.82, 2.24) is 10.3 Å². The number of ether oxygens (including phenoxy) is 1. The minimum Gasteiger partial charge on any atom is -0.493 e. The number of benzene rings is 2. The Morgan fingerprint density at radius 2 is 1.91 bits per heavy atom. The Hall–Kier alpha value is -3.92. The Kier molecular flexibility index (Phi) is 6.74. The number of fused-ring (bicyclic) bond motifs is 1. The van der Waals surface area contributed by atoms with Crippen LogP contribution in [0.1, 0.15) is 28.4 Å². The Balaban J connectivity index is 1.66. The Bertz CT molecular complexity index is 1400. The minimum absolute atomic E-state index is 0.0223. The van der Waals surface area contributed by atoms with Crippen molar-refractivity contribution in [2.75, 3.05) is 29.5 Å². The Morgan fingerprint density at radius 3 is 2.66 bits per heavy atom. The fourth-order valence-corrected chi connectivity index (χ4v) is 4.26. The van der Waals surface area contributed by atoms with Gasteiger partial charge >= 0.3 is 0 Å². The lowest BCUT2D eigenvalue weighted by Crippen LogP contribution is -2.30. The predicted molar refractivity (Wildman–Crippen MR) is 134 cm³/mol. The quantitative estimate of drug-likeness (QED) is 0.522. The smallest absolute Gasteiger partial charge is 0.255 e. The molecule has 0 saturated heterocycles. The van der Waals surface area contributed by atoms with E-state index in [9.17, 15) is 18.0 Å². The van der Waals surface area contributed by atoms with E-state index in [0.29, 0.717) is 23.4 Å². The molecule has 9 nitrogen and oxygen atoms in total. The summed E-state index contributed by atoms with van der Waals surface area (Å²) in [4.78, 5) is 29.0. The number of sulfonamides is 1. The molecule has 0 fully saturated rings. The van der Waals surface area contributed by atoms with Gasteiger partial charge in [0, 0.05) is 44.4 Å². The molecule has 182 valence electrons. The number of nitrogens with zero attached hydrogens (tertiary/aromatic N) is 2. The van der Waals surface area contributed by atoms with Crippen molar-refractivity contribution in [3.63, 3.8) is 0 Å². The fraction of sp³-hybridized carbons (Fsp3) is 0.240. The van der Waals surface area contributed by atoms with E-state index in [1.54, 1.807) is 24.3 Å². The summed E-state index contributed by atoms with van der Waals surface area (Å²) < 4.78 is 30.9. The summed E-state index contributed by atoms with van der Waals surface area (Å²) in [6, 6.07) is 14.5. The molecule has 0 radical (unpaired) electrons. The molecule has 3 aromatic rings. The number of rotatable bonds is 7. The monoisotopic (exact) mass is 494 g/mol. The van der Waals surface area contributed by atoms with Crippen LogP contribution in [0.15, 0.2) is 54.7 Å². The van der Waals surface area contributed by atoms with Crippen LogP contribution in [-0.2, 0) is 27.8 Å². The van der Waals surface area contributed by atoms with Crippen molar-refractivity contribution >= 4 is 33.3 Å². The summed E-state index contributed by atoms with van der Waals surface area (Å²) in [5.74, 6) is 0.216. The molecular formula is C25H26N4O5S. The summed E-state index contributed by atoms with van der Waals surface area (Å²) in [6.07, 6.45) is 3.37. The van der Waals surface area contributed by atoms with Gasteiger partial charge in [-0.15, -0.1) is 0 Å². The van der Waals surface area contributed by atoms with E-state index < -0.39 is 15.9 Å². The van der Waals surface area contributed by atoms with Crippen LogP contribution < -0.4 is 19.7 Å². The molecule has 10 heteroatoms. The molecule has 1 aromatic heterocycles. The molecule has 1 aliphatic heterocycles. The van der Waals surface area contributed by atoms with E-state index in [2.05, 4.69) is 15.6 Å². The average Bonchev–Trinajstić information content (AvgIpc) is 3.29. The molecule has 0 atom stereocenters. The van der Waals surface area contributed by atoms with Crippen molar-refractivity contribution < 1.29 is 22.7 Å². The number of aromatic nitrogens is 1. The first kappa shape index (κ1) is 24.2. The number of nitrogens with one attached hydrogen (secondary N) is 2. The second-order valence-electron chi connectivity index (χ2n) is 8.31. The topological polar surface area (TPSA) is 118 Å². The Morgan fingerprint density at radius 1 is 1.11 bits per heavy atom. The molecule has 0 unspecified atom stereocenters. The van der Waals surface area contributed by atoms with Crippen molar-refractivity contribution in [2.24, 2.45) is 0 Å². The summed E-state index contributed by atoms with van der Waals surface area (Å²) in [7, 11) is -2.30. The highest BCUT2D eigenvalue weighted by atomic mass is 32.2. The van der Waals surface area contributed by atoms with Gasteiger partial charge in [-0.25, -0.2) is 13.4 Å². The van der Waals surface area contributed by atoms with E-state index >= 15 is 0 Å². The van der Waals surface area contributed by atoms with E-state index in [1.165, 1.54) is 20.2 Å². The third-order valence-corrected chi connectivity index (χ3v) is 6.80. The predicted octanol–water partition coefficient (Wildman–Crippen LogP) is 2.97. The molecule has 0 saturated carbocycles. The molecule has 2 aromatic carbocycles. The van der Waals surface area contributed by atoms with Crippen LogP contribution >= 0.6 is 0 Å². The second-order valence-corrected chi connectivity index (χ2v) is 10.3. The molecule has 2 amide bonds. The van der Waals surface area contributed by atoms with Crippen LogP contribution in [-0.4, -0.2) is 45.1 Å². The summed E-state index contributed by atoms with van der Waals surface area (Å²) in [5, 5.41) is 5.59.